The molecule has 0 amide bonds. The molecule has 0 radical (unpaired) electrons. The number of anilines is 1. The van der Waals surface area contributed by atoms with Crippen molar-refractivity contribution in [2.24, 2.45) is 0 Å². The molecule has 2 N–H and O–H groups in total. The Bertz CT molecular complexity index is 514. The summed E-state index contributed by atoms with van der Waals surface area (Å²) in [5.41, 5.74) is 6.96. The predicted molar refractivity (Wildman–Crippen MR) is 60.6 cm³/mol. The van der Waals surface area contributed by atoms with Crippen LogP contribution in [0.2, 0.25) is 0 Å². The van der Waals surface area contributed by atoms with Crippen LogP contribution in [0.5, 0.6) is 5.75 Å². The van der Waals surface area contributed by atoms with E-state index in [0.29, 0.717) is 16.9 Å². The van der Waals surface area contributed by atoms with Crippen LogP contribution < -0.4 is 10.5 Å². The quantitative estimate of drug-likeness (QED) is 0.842. The Hall–Kier alpha value is -2.10. The molecule has 0 aliphatic heterocycles. The molecule has 0 saturated carbocycles. The molecule has 0 aliphatic rings. The molecule has 0 fully saturated rings. The lowest BCUT2D eigenvalue weighted by molar-refractivity contribution is 0.387. The zero-order chi connectivity index (χ0) is 11.5. The van der Waals surface area contributed by atoms with Gasteiger partial charge in [-0.05, 0) is 24.3 Å². The van der Waals surface area contributed by atoms with Gasteiger partial charge in [-0.15, -0.1) is 0 Å². The Morgan fingerprint density at radius 3 is 2.75 bits per heavy atom. The molecule has 0 atom stereocenters. The van der Waals surface area contributed by atoms with Crippen molar-refractivity contribution in [2.75, 3.05) is 12.8 Å². The van der Waals surface area contributed by atoms with E-state index in [-0.39, 0.29) is 5.75 Å². The van der Waals surface area contributed by atoms with E-state index < -0.39 is 5.82 Å². The molecule has 0 spiro atoms. The Labute approximate surface area is 92.7 Å². The lowest BCUT2D eigenvalue weighted by Crippen LogP contribution is -1.96. The Balaban J connectivity index is 2.61. The second-order valence-corrected chi connectivity index (χ2v) is 3.26. The van der Waals surface area contributed by atoms with Crippen LogP contribution in [0.3, 0.4) is 0 Å². The van der Waals surface area contributed by atoms with E-state index in [2.05, 4.69) is 4.98 Å². The third-order valence-electron chi connectivity index (χ3n) is 2.28. The molecule has 1 aromatic heterocycles. The number of nitrogens with two attached hydrogens (primary N) is 1. The SMILES string of the molecule is COc1cccc(-c2ncccc2N)c1F. The van der Waals surface area contributed by atoms with Crippen molar-refractivity contribution in [1.82, 2.24) is 4.98 Å². The van der Waals surface area contributed by atoms with E-state index in [1.54, 1.807) is 36.5 Å². The van der Waals surface area contributed by atoms with Crippen LogP contribution in [0.25, 0.3) is 11.3 Å². The van der Waals surface area contributed by atoms with Crippen LogP contribution in [-0.2, 0) is 0 Å². The molecule has 3 nitrogen and oxygen atoms in total. The Morgan fingerprint density at radius 2 is 2.06 bits per heavy atom. The van der Waals surface area contributed by atoms with Crippen molar-refractivity contribution in [3.63, 3.8) is 0 Å². The highest BCUT2D eigenvalue weighted by atomic mass is 19.1. The van der Waals surface area contributed by atoms with Gasteiger partial charge in [0.15, 0.2) is 11.6 Å². The highest BCUT2D eigenvalue weighted by Gasteiger charge is 2.12. The number of rotatable bonds is 2. The molecule has 82 valence electrons. The van der Waals surface area contributed by atoms with E-state index in [0.717, 1.165) is 0 Å². The molecule has 16 heavy (non-hydrogen) atoms. The average molecular weight is 218 g/mol. The number of ether oxygens (including phenoxy) is 1. The molecule has 0 bridgehead atoms. The van der Waals surface area contributed by atoms with Crippen molar-refractivity contribution in [3.8, 4) is 17.0 Å². The fraction of sp³-hybridized carbons (Fsp3) is 0.0833. The Morgan fingerprint density at radius 1 is 1.25 bits per heavy atom. The highest BCUT2D eigenvalue weighted by Crippen LogP contribution is 2.30. The lowest BCUT2D eigenvalue weighted by atomic mass is 10.1. The number of pyridine rings is 1. The highest BCUT2D eigenvalue weighted by molar-refractivity contribution is 5.73. The maximum Gasteiger partial charge on any atom is 0.174 e. The van der Waals surface area contributed by atoms with Crippen LogP contribution >= 0.6 is 0 Å². The van der Waals surface area contributed by atoms with Gasteiger partial charge in [0, 0.05) is 11.8 Å². The number of halogens is 1. The molecule has 1 heterocycles. The summed E-state index contributed by atoms with van der Waals surface area (Å²) in [7, 11) is 1.42. The minimum atomic E-state index is -0.449. The summed E-state index contributed by atoms with van der Waals surface area (Å²) in [6, 6.07) is 8.26. The number of hydrogen-bond acceptors (Lipinski definition) is 3. The standard InChI is InChI=1S/C12H11FN2O/c1-16-10-6-2-4-8(11(10)13)12-9(14)5-3-7-15-12/h2-7H,14H2,1H3. The number of benzene rings is 1. The van der Waals surface area contributed by atoms with Gasteiger partial charge >= 0.3 is 0 Å². The number of aromatic nitrogens is 1. The molecular weight excluding hydrogens is 207 g/mol. The van der Waals surface area contributed by atoms with Gasteiger partial charge in [0.2, 0.25) is 0 Å². The van der Waals surface area contributed by atoms with Crippen LogP contribution in [0.1, 0.15) is 0 Å². The largest absolute Gasteiger partial charge is 0.494 e. The first-order chi connectivity index (χ1) is 7.74. The third kappa shape index (κ3) is 1.69. The van der Waals surface area contributed by atoms with Crippen LogP contribution in [0.15, 0.2) is 36.5 Å². The monoisotopic (exact) mass is 218 g/mol. The maximum atomic E-state index is 13.9. The third-order valence-corrected chi connectivity index (χ3v) is 2.28. The van der Waals surface area contributed by atoms with Gasteiger partial charge in [-0.2, -0.15) is 0 Å². The van der Waals surface area contributed by atoms with Crippen molar-refractivity contribution in [2.45, 2.75) is 0 Å². The van der Waals surface area contributed by atoms with Crippen molar-refractivity contribution < 1.29 is 9.13 Å². The molecule has 0 aliphatic carbocycles. The summed E-state index contributed by atoms with van der Waals surface area (Å²) in [5, 5.41) is 0. The predicted octanol–water partition coefficient (Wildman–Crippen LogP) is 2.48. The second kappa shape index (κ2) is 4.18. The zero-order valence-corrected chi connectivity index (χ0v) is 8.77. The molecule has 1 aromatic carbocycles. The molecule has 4 heteroatoms. The van der Waals surface area contributed by atoms with Crippen molar-refractivity contribution in [1.29, 1.82) is 0 Å². The number of methoxy groups -OCH3 is 1. The van der Waals surface area contributed by atoms with Crippen molar-refractivity contribution in [3.05, 3.63) is 42.3 Å². The van der Waals surface area contributed by atoms with Crippen LogP contribution in [-0.4, -0.2) is 12.1 Å². The summed E-state index contributed by atoms with van der Waals surface area (Å²) >= 11 is 0. The van der Waals surface area contributed by atoms with Gasteiger partial charge in [0.1, 0.15) is 0 Å². The lowest BCUT2D eigenvalue weighted by Gasteiger charge is -2.08. The topological polar surface area (TPSA) is 48.1 Å². The van der Waals surface area contributed by atoms with Gasteiger partial charge in [0.25, 0.3) is 0 Å². The summed E-state index contributed by atoms with van der Waals surface area (Å²) in [6.07, 6.45) is 1.57. The summed E-state index contributed by atoms with van der Waals surface area (Å²) < 4.78 is 18.8. The summed E-state index contributed by atoms with van der Waals surface area (Å²) in [5.74, 6) is -0.266. The Kier molecular flexibility index (Phi) is 2.72. The molecule has 2 rings (SSSR count). The minimum Gasteiger partial charge on any atom is -0.494 e. The summed E-state index contributed by atoms with van der Waals surface area (Å²) in [4.78, 5) is 4.06. The van der Waals surface area contributed by atoms with Crippen LogP contribution in [0, 0.1) is 5.82 Å². The van der Waals surface area contributed by atoms with Gasteiger partial charge in [-0.1, -0.05) is 6.07 Å². The zero-order valence-electron chi connectivity index (χ0n) is 8.77. The van der Waals surface area contributed by atoms with Gasteiger partial charge in [-0.25, -0.2) is 4.39 Å². The second-order valence-electron chi connectivity index (χ2n) is 3.26. The van der Waals surface area contributed by atoms with E-state index >= 15 is 0 Å². The van der Waals surface area contributed by atoms with E-state index in [9.17, 15) is 4.39 Å². The normalized spacial score (nSPS) is 10.1. The first-order valence-electron chi connectivity index (χ1n) is 4.77. The van der Waals surface area contributed by atoms with Crippen molar-refractivity contribution >= 4 is 5.69 Å². The number of nitrogen functional groups attached to an aromatic ring is 1. The fourth-order valence-corrected chi connectivity index (χ4v) is 1.49. The van der Waals surface area contributed by atoms with Gasteiger partial charge in [-0.3, -0.25) is 4.98 Å². The summed E-state index contributed by atoms with van der Waals surface area (Å²) in [6.45, 7) is 0. The first-order valence-corrected chi connectivity index (χ1v) is 4.77. The number of nitrogens with zero attached hydrogens (tertiary/aromatic N) is 1. The number of hydrogen-bond donors (Lipinski definition) is 1. The molecule has 0 saturated heterocycles. The average Bonchev–Trinajstić information content (AvgIpc) is 2.31. The van der Waals surface area contributed by atoms with E-state index in [4.69, 9.17) is 10.5 Å². The van der Waals surface area contributed by atoms with Crippen LogP contribution in [0.4, 0.5) is 10.1 Å². The van der Waals surface area contributed by atoms with E-state index in [1.807, 2.05) is 0 Å². The maximum absolute atomic E-state index is 13.9. The first kappa shape index (κ1) is 10.4. The van der Waals surface area contributed by atoms with Gasteiger partial charge in [0.05, 0.1) is 18.5 Å². The minimum absolute atomic E-state index is 0.183. The molecular formula is C12H11FN2O. The van der Waals surface area contributed by atoms with E-state index in [1.165, 1.54) is 7.11 Å². The fourth-order valence-electron chi connectivity index (χ4n) is 1.49. The molecule has 0 unspecified atom stereocenters. The molecule has 2 aromatic rings. The smallest absolute Gasteiger partial charge is 0.174 e. The van der Waals surface area contributed by atoms with Gasteiger partial charge < -0.3 is 10.5 Å².